The van der Waals surface area contributed by atoms with Gasteiger partial charge in [-0.2, -0.15) is 0 Å². The smallest absolute Gasteiger partial charge is 0.0706 e. The Hall–Kier alpha value is -0.520. The Morgan fingerprint density at radius 1 is 1.43 bits per heavy atom. The summed E-state index contributed by atoms with van der Waals surface area (Å²) < 4.78 is 0. The molecular formula is C12H24N2. The molecule has 0 spiro atoms. The first-order chi connectivity index (χ1) is 6.52. The van der Waals surface area contributed by atoms with E-state index in [4.69, 9.17) is 12.2 Å². The molecule has 0 radical (unpaired) electrons. The van der Waals surface area contributed by atoms with Crippen LogP contribution in [0.4, 0.5) is 0 Å². The normalized spacial score (nSPS) is 15.6. The van der Waals surface area contributed by atoms with Gasteiger partial charge in [0.15, 0.2) is 0 Å². The molecular weight excluding hydrogens is 172 g/mol. The highest BCUT2D eigenvalue weighted by Gasteiger charge is 2.12. The van der Waals surface area contributed by atoms with Gasteiger partial charge in [0.05, 0.1) is 6.04 Å². The van der Waals surface area contributed by atoms with Crippen LogP contribution < -0.4 is 5.73 Å². The van der Waals surface area contributed by atoms with Gasteiger partial charge in [0.2, 0.25) is 0 Å². The molecule has 2 N–H and O–H groups in total. The minimum absolute atomic E-state index is 0.259. The zero-order valence-corrected chi connectivity index (χ0v) is 9.96. The molecule has 2 heteroatoms. The molecule has 0 aliphatic heterocycles. The summed E-state index contributed by atoms with van der Waals surface area (Å²) in [4.78, 5) is 2.21. The maximum Gasteiger partial charge on any atom is 0.0706 e. The molecule has 0 amide bonds. The fourth-order valence-corrected chi connectivity index (χ4v) is 1.40. The van der Waals surface area contributed by atoms with Gasteiger partial charge < -0.3 is 5.73 Å². The van der Waals surface area contributed by atoms with Gasteiger partial charge >= 0.3 is 0 Å². The third-order valence-electron chi connectivity index (χ3n) is 2.78. The first-order valence-corrected chi connectivity index (χ1v) is 5.44. The van der Waals surface area contributed by atoms with Gasteiger partial charge in [-0.25, -0.2) is 0 Å². The van der Waals surface area contributed by atoms with Crippen LogP contribution in [0.15, 0.2) is 0 Å². The van der Waals surface area contributed by atoms with E-state index in [1.165, 1.54) is 0 Å². The van der Waals surface area contributed by atoms with Crippen molar-refractivity contribution < 1.29 is 0 Å². The predicted octanol–water partition coefficient (Wildman–Crippen LogP) is 1.70. The van der Waals surface area contributed by atoms with Crippen molar-refractivity contribution in [3.05, 3.63) is 0 Å². The van der Waals surface area contributed by atoms with E-state index in [1.807, 2.05) is 0 Å². The fraction of sp³-hybridized carbons (Fsp3) is 0.833. The number of rotatable bonds is 6. The molecule has 2 atom stereocenters. The van der Waals surface area contributed by atoms with E-state index in [1.54, 1.807) is 0 Å². The van der Waals surface area contributed by atoms with Crippen LogP contribution >= 0.6 is 0 Å². The van der Waals surface area contributed by atoms with Crippen molar-refractivity contribution in [3.8, 4) is 12.3 Å². The van der Waals surface area contributed by atoms with Crippen LogP contribution in [0.2, 0.25) is 0 Å². The van der Waals surface area contributed by atoms with Gasteiger partial charge in [-0.15, -0.1) is 6.42 Å². The highest BCUT2D eigenvalue weighted by atomic mass is 15.1. The van der Waals surface area contributed by atoms with Crippen molar-refractivity contribution in [2.24, 2.45) is 11.7 Å². The van der Waals surface area contributed by atoms with Gasteiger partial charge in [-0.3, -0.25) is 4.90 Å². The minimum Gasteiger partial charge on any atom is -0.327 e. The number of nitrogens with zero attached hydrogens (tertiary/aromatic N) is 1. The Kier molecular flexibility index (Phi) is 6.61. The molecule has 0 aliphatic carbocycles. The molecule has 0 rings (SSSR count). The van der Waals surface area contributed by atoms with E-state index >= 15 is 0 Å². The van der Waals surface area contributed by atoms with E-state index in [0.717, 1.165) is 19.4 Å². The number of hydrogen-bond acceptors (Lipinski definition) is 2. The first-order valence-electron chi connectivity index (χ1n) is 5.44. The largest absolute Gasteiger partial charge is 0.327 e. The summed E-state index contributed by atoms with van der Waals surface area (Å²) in [5, 5.41) is 0. The summed E-state index contributed by atoms with van der Waals surface area (Å²) >= 11 is 0. The van der Waals surface area contributed by atoms with E-state index in [-0.39, 0.29) is 12.1 Å². The van der Waals surface area contributed by atoms with Gasteiger partial charge in [0.1, 0.15) is 0 Å². The second-order valence-corrected chi connectivity index (χ2v) is 4.27. The van der Waals surface area contributed by atoms with Crippen molar-refractivity contribution >= 4 is 0 Å². The quantitative estimate of drug-likeness (QED) is 0.655. The zero-order valence-electron chi connectivity index (χ0n) is 9.96. The second kappa shape index (κ2) is 6.86. The van der Waals surface area contributed by atoms with E-state index in [0.29, 0.717) is 5.92 Å². The summed E-state index contributed by atoms with van der Waals surface area (Å²) in [5.74, 6) is 3.34. The molecule has 0 aromatic carbocycles. The van der Waals surface area contributed by atoms with E-state index in [2.05, 4.69) is 38.6 Å². The SMILES string of the molecule is C#CC(CC)N(C)CCC(N)C(C)C. The lowest BCUT2D eigenvalue weighted by molar-refractivity contribution is 0.262. The molecule has 0 saturated heterocycles. The fourth-order valence-electron chi connectivity index (χ4n) is 1.40. The average molecular weight is 196 g/mol. The highest BCUT2D eigenvalue weighted by Crippen LogP contribution is 2.06. The average Bonchev–Trinajstić information content (AvgIpc) is 2.15. The molecule has 0 bridgehead atoms. The van der Waals surface area contributed by atoms with E-state index in [9.17, 15) is 0 Å². The Balaban J connectivity index is 3.84. The Bertz CT molecular complexity index is 181. The molecule has 14 heavy (non-hydrogen) atoms. The van der Waals surface area contributed by atoms with Crippen LogP contribution in [0.1, 0.15) is 33.6 Å². The van der Waals surface area contributed by atoms with Crippen LogP contribution in [-0.2, 0) is 0 Å². The molecule has 82 valence electrons. The van der Waals surface area contributed by atoms with Gasteiger partial charge in [0, 0.05) is 12.6 Å². The summed E-state index contributed by atoms with van der Waals surface area (Å²) in [6, 6.07) is 0.544. The van der Waals surface area contributed by atoms with Crippen molar-refractivity contribution in [1.29, 1.82) is 0 Å². The lowest BCUT2D eigenvalue weighted by Crippen LogP contribution is -2.36. The molecule has 0 heterocycles. The number of nitrogens with two attached hydrogens (primary N) is 1. The van der Waals surface area contributed by atoms with Crippen molar-refractivity contribution in [1.82, 2.24) is 4.90 Å². The van der Waals surface area contributed by atoms with E-state index < -0.39 is 0 Å². The Morgan fingerprint density at radius 3 is 2.36 bits per heavy atom. The van der Waals surface area contributed by atoms with Crippen molar-refractivity contribution in [2.75, 3.05) is 13.6 Å². The predicted molar refractivity (Wildman–Crippen MR) is 63.0 cm³/mol. The highest BCUT2D eigenvalue weighted by molar-refractivity contribution is 4.98. The lowest BCUT2D eigenvalue weighted by atomic mass is 10.0. The molecule has 0 aromatic heterocycles. The van der Waals surface area contributed by atoms with Gasteiger partial charge in [-0.05, 0) is 25.8 Å². The zero-order chi connectivity index (χ0) is 11.1. The summed E-state index contributed by atoms with van der Waals surface area (Å²) in [6.07, 6.45) is 7.45. The Labute approximate surface area is 88.9 Å². The first kappa shape index (κ1) is 13.5. The summed E-state index contributed by atoms with van der Waals surface area (Å²) in [5.41, 5.74) is 5.97. The maximum atomic E-state index is 5.97. The molecule has 2 unspecified atom stereocenters. The molecule has 0 fully saturated rings. The van der Waals surface area contributed by atoms with Gasteiger partial charge in [0.25, 0.3) is 0 Å². The molecule has 2 nitrogen and oxygen atoms in total. The summed E-state index contributed by atoms with van der Waals surface area (Å²) in [7, 11) is 2.07. The Morgan fingerprint density at radius 2 is 2.00 bits per heavy atom. The number of terminal acetylenes is 1. The molecule has 0 saturated carbocycles. The molecule has 0 aliphatic rings. The standard InChI is InChI=1S/C12H24N2/c1-6-11(7-2)14(5)9-8-12(13)10(3)4/h1,10-12H,7-9,13H2,2-5H3. The lowest BCUT2D eigenvalue weighted by Gasteiger charge is -2.25. The third kappa shape index (κ3) is 4.64. The monoisotopic (exact) mass is 196 g/mol. The van der Waals surface area contributed by atoms with Crippen LogP contribution in [0.25, 0.3) is 0 Å². The van der Waals surface area contributed by atoms with Crippen LogP contribution in [0.3, 0.4) is 0 Å². The van der Waals surface area contributed by atoms with Crippen molar-refractivity contribution in [2.45, 2.75) is 45.7 Å². The molecule has 0 aromatic rings. The minimum atomic E-state index is 0.259. The van der Waals surface area contributed by atoms with Crippen LogP contribution in [0.5, 0.6) is 0 Å². The third-order valence-corrected chi connectivity index (χ3v) is 2.78. The maximum absolute atomic E-state index is 5.97. The second-order valence-electron chi connectivity index (χ2n) is 4.27. The topological polar surface area (TPSA) is 29.3 Å². The summed E-state index contributed by atoms with van der Waals surface area (Å²) in [6.45, 7) is 7.41. The van der Waals surface area contributed by atoms with Crippen molar-refractivity contribution in [3.63, 3.8) is 0 Å². The number of hydrogen-bond donors (Lipinski definition) is 1. The van der Waals surface area contributed by atoms with Crippen LogP contribution in [0, 0.1) is 18.3 Å². The van der Waals surface area contributed by atoms with Crippen LogP contribution in [-0.4, -0.2) is 30.6 Å². The van der Waals surface area contributed by atoms with Gasteiger partial charge in [-0.1, -0.05) is 26.7 Å².